The lowest BCUT2D eigenvalue weighted by Crippen LogP contribution is -3.14. The predicted octanol–water partition coefficient (Wildman–Crippen LogP) is 1.12. The average Bonchev–Trinajstić information content (AvgIpc) is 2.62. The van der Waals surface area contributed by atoms with Crippen molar-refractivity contribution in [3.63, 3.8) is 0 Å². The first-order valence-electron chi connectivity index (χ1n) is 9.04. The van der Waals surface area contributed by atoms with Crippen LogP contribution in [0.3, 0.4) is 0 Å². The van der Waals surface area contributed by atoms with Crippen LogP contribution in [0.5, 0.6) is 0 Å². The van der Waals surface area contributed by atoms with E-state index in [0.717, 1.165) is 58.0 Å². The minimum Gasteiger partial charge on any atom is -0.372 e. The van der Waals surface area contributed by atoms with Crippen LogP contribution < -0.4 is 20.4 Å². The van der Waals surface area contributed by atoms with Crippen molar-refractivity contribution >= 4 is 28.7 Å². The van der Waals surface area contributed by atoms with Gasteiger partial charge in [0.2, 0.25) is 0 Å². The Kier molecular flexibility index (Phi) is 8.28. The Hall–Kier alpha value is -1.37. The third-order valence-electron chi connectivity index (χ3n) is 4.45. The third-order valence-corrected chi connectivity index (χ3v) is 4.69. The van der Waals surface area contributed by atoms with Crippen LogP contribution in [0.15, 0.2) is 24.3 Å². The van der Waals surface area contributed by atoms with Crippen molar-refractivity contribution in [2.75, 3.05) is 62.7 Å². The summed E-state index contributed by atoms with van der Waals surface area (Å²) < 4.78 is 5.38. The Morgan fingerprint density at radius 3 is 2.46 bits per heavy atom. The zero-order chi connectivity index (χ0) is 17.2. The van der Waals surface area contributed by atoms with E-state index in [-0.39, 0.29) is 0 Å². The first-order chi connectivity index (χ1) is 11.7. The summed E-state index contributed by atoms with van der Waals surface area (Å²) in [4.78, 5) is 3.96. The van der Waals surface area contributed by atoms with Gasteiger partial charge in [-0.3, -0.25) is 0 Å². The Labute approximate surface area is 151 Å². The van der Waals surface area contributed by atoms with Gasteiger partial charge in [0.25, 0.3) is 0 Å². The molecule has 1 saturated heterocycles. The highest BCUT2D eigenvalue weighted by Crippen LogP contribution is 2.17. The second-order valence-electron chi connectivity index (χ2n) is 6.07. The summed E-state index contributed by atoms with van der Waals surface area (Å²) in [5.74, 6) is 0. The lowest BCUT2D eigenvalue weighted by molar-refractivity contribution is -0.908. The van der Waals surface area contributed by atoms with Crippen molar-refractivity contribution in [1.29, 1.82) is 0 Å². The molecule has 1 aliphatic rings. The molecule has 134 valence electrons. The molecule has 3 N–H and O–H groups in total. The summed E-state index contributed by atoms with van der Waals surface area (Å²) in [5, 5.41) is 7.25. The highest BCUT2D eigenvalue weighted by atomic mass is 32.1. The molecule has 0 aromatic heterocycles. The molecule has 1 heterocycles. The number of nitrogens with zero attached hydrogens (tertiary/aromatic N) is 1. The van der Waals surface area contributed by atoms with Crippen molar-refractivity contribution in [2.24, 2.45) is 0 Å². The molecule has 0 spiro atoms. The van der Waals surface area contributed by atoms with E-state index in [1.165, 1.54) is 12.2 Å². The standard InChI is InChI=1S/C18H30N4OS/c1-3-22(4-2)17-8-6-16(7-9-17)20-18(24)19-10-5-11-21-12-14-23-15-13-21/h6-9H,3-5,10-15H2,1-2H3,(H2,19,20,24)/p+1. The molecular formula is C18H31N4OS+. The average molecular weight is 352 g/mol. The summed E-state index contributed by atoms with van der Waals surface area (Å²) in [6.07, 6.45) is 1.12. The molecule has 0 unspecified atom stereocenters. The molecule has 0 radical (unpaired) electrons. The molecule has 6 heteroatoms. The van der Waals surface area contributed by atoms with Crippen molar-refractivity contribution in [1.82, 2.24) is 5.32 Å². The van der Waals surface area contributed by atoms with Gasteiger partial charge in [0.05, 0.1) is 19.8 Å². The van der Waals surface area contributed by atoms with Crippen molar-refractivity contribution < 1.29 is 9.64 Å². The van der Waals surface area contributed by atoms with Crippen LogP contribution in [0, 0.1) is 0 Å². The zero-order valence-corrected chi connectivity index (χ0v) is 15.8. The number of morpholine rings is 1. The second-order valence-corrected chi connectivity index (χ2v) is 6.47. The number of thiocarbonyl (C=S) groups is 1. The molecule has 1 fully saturated rings. The fraction of sp³-hybridized carbons (Fsp3) is 0.611. The number of hydrogen-bond acceptors (Lipinski definition) is 3. The van der Waals surface area contributed by atoms with Crippen LogP contribution in [0.2, 0.25) is 0 Å². The van der Waals surface area contributed by atoms with Gasteiger partial charge in [-0.1, -0.05) is 0 Å². The van der Waals surface area contributed by atoms with E-state index in [4.69, 9.17) is 17.0 Å². The third kappa shape index (κ3) is 6.26. The van der Waals surface area contributed by atoms with Gasteiger partial charge in [-0.05, 0) is 50.3 Å². The quantitative estimate of drug-likeness (QED) is 0.484. The number of quaternary nitrogens is 1. The minimum atomic E-state index is 0.697. The largest absolute Gasteiger partial charge is 0.372 e. The minimum absolute atomic E-state index is 0.697. The van der Waals surface area contributed by atoms with Crippen LogP contribution in [0.1, 0.15) is 20.3 Å². The van der Waals surface area contributed by atoms with E-state index < -0.39 is 0 Å². The lowest BCUT2D eigenvalue weighted by Gasteiger charge is -2.23. The van der Waals surface area contributed by atoms with E-state index in [0.29, 0.717) is 5.11 Å². The Morgan fingerprint density at radius 1 is 1.17 bits per heavy atom. The molecular weight excluding hydrogens is 320 g/mol. The van der Waals surface area contributed by atoms with Crippen LogP contribution in [0.25, 0.3) is 0 Å². The lowest BCUT2D eigenvalue weighted by atomic mass is 10.2. The number of anilines is 2. The first kappa shape index (κ1) is 19.0. The van der Waals surface area contributed by atoms with Crippen LogP contribution >= 0.6 is 12.2 Å². The van der Waals surface area contributed by atoms with Gasteiger partial charge in [0, 0.05) is 37.4 Å². The number of rotatable bonds is 8. The van der Waals surface area contributed by atoms with E-state index in [1.807, 2.05) is 0 Å². The Balaban J connectivity index is 1.66. The normalized spacial score (nSPS) is 15.1. The molecule has 5 nitrogen and oxygen atoms in total. The molecule has 1 aromatic rings. The molecule has 0 aliphatic carbocycles. The van der Waals surface area contributed by atoms with Gasteiger partial charge in [-0.2, -0.15) is 0 Å². The Bertz CT molecular complexity index is 484. The van der Waals surface area contributed by atoms with E-state index in [1.54, 1.807) is 4.90 Å². The maximum absolute atomic E-state index is 5.38. The summed E-state index contributed by atoms with van der Waals surface area (Å²) >= 11 is 5.38. The molecule has 1 aliphatic heterocycles. The number of benzene rings is 1. The number of nitrogens with one attached hydrogen (secondary N) is 3. The van der Waals surface area contributed by atoms with Crippen molar-refractivity contribution in [3.05, 3.63) is 24.3 Å². The summed E-state index contributed by atoms with van der Waals surface area (Å²) in [7, 11) is 0. The zero-order valence-electron chi connectivity index (χ0n) is 14.9. The monoisotopic (exact) mass is 351 g/mol. The van der Waals surface area contributed by atoms with Gasteiger partial charge in [-0.25, -0.2) is 0 Å². The molecule has 0 amide bonds. The maximum Gasteiger partial charge on any atom is 0.170 e. The van der Waals surface area contributed by atoms with Gasteiger partial charge >= 0.3 is 0 Å². The number of ether oxygens (including phenoxy) is 1. The molecule has 1 aromatic carbocycles. The van der Waals surface area contributed by atoms with Crippen LogP contribution in [0.4, 0.5) is 11.4 Å². The molecule has 0 bridgehead atoms. The highest BCUT2D eigenvalue weighted by molar-refractivity contribution is 7.80. The molecule has 2 rings (SSSR count). The molecule has 0 saturated carbocycles. The molecule has 0 atom stereocenters. The van der Waals surface area contributed by atoms with E-state index in [9.17, 15) is 0 Å². The number of hydrogen-bond donors (Lipinski definition) is 3. The van der Waals surface area contributed by atoms with Gasteiger partial charge in [-0.15, -0.1) is 0 Å². The second kappa shape index (κ2) is 10.5. The topological polar surface area (TPSA) is 41.0 Å². The maximum atomic E-state index is 5.38. The van der Waals surface area contributed by atoms with Crippen molar-refractivity contribution in [2.45, 2.75) is 20.3 Å². The fourth-order valence-corrected chi connectivity index (χ4v) is 3.19. The Morgan fingerprint density at radius 2 is 1.83 bits per heavy atom. The SMILES string of the molecule is CCN(CC)c1ccc(NC(=S)NCCC[NH+]2CCOCC2)cc1. The van der Waals surface area contributed by atoms with E-state index in [2.05, 4.69) is 53.6 Å². The van der Waals surface area contributed by atoms with Crippen LogP contribution in [-0.4, -0.2) is 57.6 Å². The van der Waals surface area contributed by atoms with Crippen molar-refractivity contribution in [3.8, 4) is 0 Å². The highest BCUT2D eigenvalue weighted by Gasteiger charge is 2.12. The predicted molar refractivity (Wildman–Crippen MR) is 105 cm³/mol. The molecule has 24 heavy (non-hydrogen) atoms. The summed E-state index contributed by atoms with van der Waals surface area (Å²) in [5.41, 5.74) is 2.28. The summed E-state index contributed by atoms with van der Waals surface area (Å²) in [6, 6.07) is 8.44. The fourth-order valence-electron chi connectivity index (χ4n) is 2.97. The first-order valence-corrected chi connectivity index (χ1v) is 9.45. The van der Waals surface area contributed by atoms with Gasteiger partial charge in [0.1, 0.15) is 13.1 Å². The van der Waals surface area contributed by atoms with E-state index >= 15 is 0 Å². The van der Waals surface area contributed by atoms with Gasteiger partial charge in [0.15, 0.2) is 5.11 Å². The smallest absolute Gasteiger partial charge is 0.170 e. The summed E-state index contributed by atoms with van der Waals surface area (Å²) in [6.45, 7) is 12.5. The van der Waals surface area contributed by atoms with Gasteiger partial charge < -0.3 is 25.2 Å². The van der Waals surface area contributed by atoms with Crippen LogP contribution in [-0.2, 0) is 4.74 Å².